The van der Waals surface area contributed by atoms with Gasteiger partial charge >= 0.3 is 6.03 Å². The van der Waals surface area contributed by atoms with Crippen molar-refractivity contribution in [2.45, 2.75) is 31.9 Å². The van der Waals surface area contributed by atoms with Crippen LogP contribution in [0.15, 0.2) is 30.3 Å². The van der Waals surface area contributed by atoms with Crippen molar-refractivity contribution in [1.29, 1.82) is 0 Å². The lowest BCUT2D eigenvalue weighted by Crippen LogP contribution is -2.44. The molecular formula is C14H20N2O2. The van der Waals surface area contributed by atoms with Crippen LogP contribution in [0.1, 0.15) is 25.8 Å². The maximum absolute atomic E-state index is 11.6. The van der Waals surface area contributed by atoms with Gasteiger partial charge in [-0.3, -0.25) is 0 Å². The second-order valence-electron chi connectivity index (χ2n) is 5.29. The Balaban J connectivity index is 1.83. The Morgan fingerprint density at radius 1 is 1.44 bits per heavy atom. The van der Waals surface area contributed by atoms with Gasteiger partial charge in [-0.1, -0.05) is 37.3 Å². The molecule has 0 bridgehead atoms. The van der Waals surface area contributed by atoms with Gasteiger partial charge in [-0.25, -0.2) is 4.79 Å². The van der Waals surface area contributed by atoms with Gasteiger partial charge in [0.2, 0.25) is 0 Å². The molecule has 2 rings (SSSR count). The largest absolute Gasteiger partial charge is 0.384 e. The molecule has 1 saturated carbocycles. The zero-order valence-electron chi connectivity index (χ0n) is 10.8. The van der Waals surface area contributed by atoms with Crippen molar-refractivity contribution in [3.8, 4) is 0 Å². The Morgan fingerprint density at radius 2 is 2.06 bits per heavy atom. The molecule has 4 nitrogen and oxygen atoms in total. The average molecular weight is 248 g/mol. The average Bonchev–Trinajstić information content (AvgIpc) is 3.04. The molecule has 1 aromatic carbocycles. The molecule has 1 aliphatic carbocycles. The van der Waals surface area contributed by atoms with E-state index in [1.165, 1.54) is 0 Å². The number of hydrogen-bond acceptors (Lipinski definition) is 2. The summed E-state index contributed by atoms with van der Waals surface area (Å²) in [7, 11) is 0. The van der Waals surface area contributed by atoms with E-state index < -0.39 is 5.60 Å². The van der Waals surface area contributed by atoms with Crippen LogP contribution in [0.25, 0.3) is 0 Å². The lowest BCUT2D eigenvalue weighted by Gasteiger charge is -2.24. The second-order valence-corrected chi connectivity index (χ2v) is 5.29. The van der Waals surface area contributed by atoms with Gasteiger partial charge in [0.05, 0.1) is 6.54 Å². The first-order valence-corrected chi connectivity index (χ1v) is 6.31. The predicted octanol–water partition coefficient (Wildman–Crippen LogP) is 1.60. The molecule has 0 spiro atoms. The fraction of sp³-hybridized carbons (Fsp3) is 0.500. The van der Waals surface area contributed by atoms with E-state index in [1.54, 1.807) is 6.92 Å². The number of nitrogens with one attached hydrogen (secondary N) is 2. The molecule has 0 radical (unpaired) electrons. The molecule has 1 fully saturated rings. The SMILES string of the molecule is CC1CC1NC(=O)NCC(C)(O)c1ccccc1. The molecule has 2 amide bonds. The molecule has 0 aromatic heterocycles. The van der Waals surface area contributed by atoms with E-state index in [0.29, 0.717) is 12.0 Å². The fourth-order valence-corrected chi connectivity index (χ4v) is 1.89. The van der Waals surface area contributed by atoms with E-state index in [2.05, 4.69) is 17.6 Å². The highest BCUT2D eigenvalue weighted by molar-refractivity contribution is 5.74. The minimum Gasteiger partial charge on any atom is -0.384 e. The van der Waals surface area contributed by atoms with Gasteiger partial charge in [0.25, 0.3) is 0 Å². The molecule has 0 heterocycles. The van der Waals surface area contributed by atoms with E-state index in [0.717, 1.165) is 12.0 Å². The summed E-state index contributed by atoms with van der Waals surface area (Å²) >= 11 is 0. The first kappa shape index (κ1) is 12.9. The second kappa shape index (κ2) is 4.98. The Labute approximate surface area is 107 Å². The Hall–Kier alpha value is -1.55. The van der Waals surface area contributed by atoms with E-state index in [1.807, 2.05) is 30.3 Å². The highest BCUT2D eigenvalue weighted by Gasteiger charge is 2.34. The van der Waals surface area contributed by atoms with Crippen LogP contribution in [0.3, 0.4) is 0 Å². The van der Waals surface area contributed by atoms with Crippen molar-refractivity contribution >= 4 is 6.03 Å². The van der Waals surface area contributed by atoms with E-state index in [4.69, 9.17) is 0 Å². The Morgan fingerprint density at radius 3 is 2.61 bits per heavy atom. The summed E-state index contributed by atoms with van der Waals surface area (Å²) in [5.41, 5.74) is -0.251. The van der Waals surface area contributed by atoms with Crippen LogP contribution >= 0.6 is 0 Å². The zero-order chi connectivity index (χ0) is 13.2. The van der Waals surface area contributed by atoms with Crippen LogP contribution in [0, 0.1) is 5.92 Å². The van der Waals surface area contributed by atoms with Gasteiger partial charge in [-0.05, 0) is 24.8 Å². The van der Waals surface area contributed by atoms with Crippen molar-refractivity contribution < 1.29 is 9.90 Å². The van der Waals surface area contributed by atoms with Crippen LogP contribution in [0.4, 0.5) is 4.79 Å². The van der Waals surface area contributed by atoms with Gasteiger partial charge in [0.15, 0.2) is 0 Å². The highest BCUT2D eigenvalue weighted by Crippen LogP contribution is 2.28. The molecule has 1 aromatic rings. The molecule has 0 aliphatic heterocycles. The van der Waals surface area contributed by atoms with Gasteiger partial charge < -0.3 is 15.7 Å². The Bertz CT molecular complexity index is 417. The summed E-state index contributed by atoms with van der Waals surface area (Å²) < 4.78 is 0. The number of urea groups is 1. The molecule has 1 aliphatic rings. The van der Waals surface area contributed by atoms with Gasteiger partial charge in [0, 0.05) is 6.04 Å². The number of hydrogen-bond donors (Lipinski definition) is 3. The van der Waals surface area contributed by atoms with Crippen LogP contribution < -0.4 is 10.6 Å². The lowest BCUT2D eigenvalue weighted by molar-refractivity contribution is 0.0593. The molecule has 18 heavy (non-hydrogen) atoms. The maximum atomic E-state index is 11.6. The summed E-state index contributed by atoms with van der Waals surface area (Å²) in [6.45, 7) is 4.00. The van der Waals surface area contributed by atoms with Crippen molar-refractivity contribution in [3.63, 3.8) is 0 Å². The molecular weight excluding hydrogens is 228 g/mol. The standard InChI is InChI=1S/C14H20N2O2/c1-10-8-12(10)16-13(17)15-9-14(2,18)11-6-4-3-5-7-11/h3-7,10,12,18H,8-9H2,1-2H3,(H2,15,16,17). The first-order valence-electron chi connectivity index (χ1n) is 6.31. The van der Waals surface area contributed by atoms with E-state index in [9.17, 15) is 9.90 Å². The molecule has 0 saturated heterocycles. The third-order valence-corrected chi connectivity index (χ3v) is 3.41. The van der Waals surface area contributed by atoms with Gasteiger partial charge in [-0.15, -0.1) is 0 Å². The normalized spacial score (nSPS) is 25.1. The van der Waals surface area contributed by atoms with Crippen LogP contribution in [-0.4, -0.2) is 23.7 Å². The highest BCUT2D eigenvalue weighted by atomic mass is 16.3. The maximum Gasteiger partial charge on any atom is 0.315 e. The van der Waals surface area contributed by atoms with Crippen LogP contribution in [0.5, 0.6) is 0 Å². The summed E-state index contributed by atoms with van der Waals surface area (Å²) in [5.74, 6) is 0.574. The van der Waals surface area contributed by atoms with Crippen molar-refractivity contribution in [3.05, 3.63) is 35.9 Å². The number of carbonyl (C=O) groups excluding carboxylic acids is 1. The van der Waals surface area contributed by atoms with Crippen LogP contribution in [0.2, 0.25) is 0 Å². The smallest absolute Gasteiger partial charge is 0.315 e. The van der Waals surface area contributed by atoms with Crippen molar-refractivity contribution in [2.24, 2.45) is 5.92 Å². The van der Waals surface area contributed by atoms with Gasteiger partial charge in [0.1, 0.15) is 5.60 Å². The number of amides is 2. The zero-order valence-corrected chi connectivity index (χ0v) is 10.8. The summed E-state index contributed by atoms with van der Waals surface area (Å²) in [6, 6.07) is 9.43. The molecule has 3 N–H and O–H groups in total. The number of rotatable bonds is 4. The molecule has 3 atom stereocenters. The first-order chi connectivity index (χ1) is 8.49. The quantitative estimate of drug-likeness (QED) is 0.758. The van der Waals surface area contributed by atoms with Crippen molar-refractivity contribution in [2.75, 3.05) is 6.54 Å². The summed E-state index contributed by atoms with van der Waals surface area (Å²) in [4.78, 5) is 11.6. The number of benzene rings is 1. The molecule has 3 unspecified atom stereocenters. The topological polar surface area (TPSA) is 61.4 Å². The monoisotopic (exact) mass is 248 g/mol. The van der Waals surface area contributed by atoms with E-state index >= 15 is 0 Å². The van der Waals surface area contributed by atoms with Crippen LogP contribution in [-0.2, 0) is 5.60 Å². The summed E-state index contributed by atoms with van der Waals surface area (Å²) in [5, 5.41) is 15.9. The predicted molar refractivity (Wildman–Crippen MR) is 70.1 cm³/mol. The minimum atomic E-state index is -1.05. The minimum absolute atomic E-state index is 0.198. The summed E-state index contributed by atoms with van der Waals surface area (Å²) in [6.07, 6.45) is 1.04. The number of aliphatic hydroxyl groups is 1. The fourth-order valence-electron chi connectivity index (χ4n) is 1.89. The third kappa shape index (κ3) is 3.23. The lowest BCUT2D eigenvalue weighted by atomic mass is 9.96. The van der Waals surface area contributed by atoms with Crippen molar-refractivity contribution in [1.82, 2.24) is 10.6 Å². The van der Waals surface area contributed by atoms with E-state index in [-0.39, 0.29) is 12.6 Å². The molecule has 4 heteroatoms. The van der Waals surface area contributed by atoms with Gasteiger partial charge in [-0.2, -0.15) is 0 Å². The molecule has 98 valence electrons. The Kier molecular flexibility index (Phi) is 3.57. The third-order valence-electron chi connectivity index (χ3n) is 3.41. The number of carbonyl (C=O) groups is 1.